The Balaban J connectivity index is 3.04. The van der Waals surface area contributed by atoms with Gasteiger partial charge in [0.2, 0.25) is 0 Å². The second kappa shape index (κ2) is 6.30. The van der Waals surface area contributed by atoms with Crippen LogP contribution in [0.4, 0.5) is 0 Å². The standard InChI is InChI=1S/C7H13BrO/c1-3-5-7(8)9-6-4-2/h4,7H,2-3,5-6H2,1H3. The van der Waals surface area contributed by atoms with Crippen LogP contribution in [0, 0.1) is 0 Å². The molecule has 0 saturated carbocycles. The highest BCUT2D eigenvalue weighted by molar-refractivity contribution is 9.09. The van der Waals surface area contributed by atoms with Gasteiger partial charge >= 0.3 is 0 Å². The minimum absolute atomic E-state index is 0.209. The van der Waals surface area contributed by atoms with Crippen LogP contribution in [-0.4, -0.2) is 11.6 Å². The Morgan fingerprint density at radius 1 is 1.78 bits per heavy atom. The predicted octanol–water partition coefficient (Wildman–Crippen LogP) is 2.71. The summed E-state index contributed by atoms with van der Waals surface area (Å²) < 4.78 is 5.23. The highest BCUT2D eigenvalue weighted by atomic mass is 79.9. The lowest BCUT2D eigenvalue weighted by Gasteiger charge is -2.06. The van der Waals surface area contributed by atoms with Gasteiger partial charge in [0.05, 0.1) is 6.61 Å². The summed E-state index contributed by atoms with van der Waals surface area (Å²) in [6, 6.07) is 0. The summed E-state index contributed by atoms with van der Waals surface area (Å²) >= 11 is 3.37. The van der Waals surface area contributed by atoms with Crippen LogP contribution in [0.25, 0.3) is 0 Å². The Hall–Kier alpha value is 0.180. The van der Waals surface area contributed by atoms with Gasteiger partial charge in [-0.15, -0.1) is 6.58 Å². The van der Waals surface area contributed by atoms with Crippen LogP contribution in [-0.2, 0) is 4.74 Å². The quantitative estimate of drug-likeness (QED) is 0.481. The second-order valence-corrected chi connectivity index (χ2v) is 2.84. The lowest BCUT2D eigenvalue weighted by Crippen LogP contribution is -2.02. The number of hydrogen-bond donors (Lipinski definition) is 0. The van der Waals surface area contributed by atoms with E-state index in [1.54, 1.807) is 6.08 Å². The first-order valence-electron chi connectivity index (χ1n) is 3.17. The molecule has 9 heavy (non-hydrogen) atoms. The molecule has 0 bridgehead atoms. The topological polar surface area (TPSA) is 9.23 Å². The molecule has 0 N–H and O–H groups in total. The molecule has 0 aliphatic rings. The Morgan fingerprint density at radius 2 is 2.44 bits per heavy atom. The van der Waals surface area contributed by atoms with Crippen LogP contribution < -0.4 is 0 Å². The van der Waals surface area contributed by atoms with E-state index in [4.69, 9.17) is 4.74 Å². The van der Waals surface area contributed by atoms with E-state index in [-0.39, 0.29) is 5.01 Å². The SMILES string of the molecule is C=CCOC(Br)CCC. The predicted molar refractivity (Wildman–Crippen MR) is 43.8 cm³/mol. The highest BCUT2D eigenvalue weighted by Crippen LogP contribution is 2.08. The summed E-state index contributed by atoms with van der Waals surface area (Å²) in [6.07, 6.45) is 3.96. The Morgan fingerprint density at radius 3 is 2.89 bits per heavy atom. The minimum atomic E-state index is 0.209. The van der Waals surface area contributed by atoms with Crippen molar-refractivity contribution < 1.29 is 4.74 Å². The molecule has 0 aromatic heterocycles. The van der Waals surface area contributed by atoms with Crippen molar-refractivity contribution in [3.05, 3.63) is 12.7 Å². The first-order valence-corrected chi connectivity index (χ1v) is 4.09. The summed E-state index contributed by atoms with van der Waals surface area (Å²) in [5.41, 5.74) is 0. The number of hydrogen-bond acceptors (Lipinski definition) is 1. The van der Waals surface area contributed by atoms with Crippen molar-refractivity contribution in [3.63, 3.8) is 0 Å². The fraction of sp³-hybridized carbons (Fsp3) is 0.714. The molecule has 0 aromatic carbocycles. The zero-order chi connectivity index (χ0) is 7.11. The zero-order valence-corrected chi connectivity index (χ0v) is 7.36. The maximum absolute atomic E-state index is 5.23. The average molecular weight is 193 g/mol. The smallest absolute Gasteiger partial charge is 0.112 e. The van der Waals surface area contributed by atoms with Gasteiger partial charge in [0.1, 0.15) is 5.01 Å². The second-order valence-electron chi connectivity index (χ2n) is 1.82. The third kappa shape index (κ3) is 6.06. The largest absolute Gasteiger partial charge is 0.363 e. The molecular weight excluding hydrogens is 180 g/mol. The number of ether oxygens (including phenoxy) is 1. The molecule has 0 radical (unpaired) electrons. The average Bonchev–Trinajstić information content (AvgIpc) is 1.85. The molecule has 0 aromatic rings. The maximum Gasteiger partial charge on any atom is 0.112 e. The lowest BCUT2D eigenvalue weighted by atomic mass is 10.4. The number of alkyl halides is 1. The van der Waals surface area contributed by atoms with Crippen molar-refractivity contribution >= 4 is 15.9 Å². The van der Waals surface area contributed by atoms with Crippen molar-refractivity contribution in [2.24, 2.45) is 0 Å². The van der Waals surface area contributed by atoms with Crippen molar-refractivity contribution in [2.75, 3.05) is 6.61 Å². The summed E-state index contributed by atoms with van der Waals surface area (Å²) in [5, 5.41) is 0.209. The van der Waals surface area contributed by atoms with Crippen LogP contribution in [0.5, 0.6) is 0 Å². The molecule has 1 atom stereocenters. The molecule has 0 rings (SSSR count). The van der Waals surface area contributed by atoms with Crippen LogP contribution in [0.1, 0.15) is 19.8 Å². The third-order valence-corrected chi connectivity index (χ3v) is 1.63. The van der Waals surface area contributed by atoms with Gasteiger partial charge in [-0.3, -0.25) is 0 Å². The summed E-state index contributed by atoms with van der Waals surface area (Å²) in [5.74, 6) is 0. The summed E-state index contributed by atoms with van der Waals surface area (Å²) in [4.78, 5) is 0. The van der Waals surface area contributed by atoms with E-state index in [1.165, 1.54) is 0 Å². The summed E-state index contributed by atoms with van der Waals surface area (Å²) in [6.45, 7) is 6.31. The molecule has 0 saturated heterocycles. The van der Waals surface area contributed by atoms with E-state index in [2.05, 4.69) is 29.4 Å². The minimum Gasteiger partial charge on any atom is -0.363 e. The number of rotatable bonds is 5. The highest BCUT2D eigenvalue weighted by Gasteiger charge is 1.98. The van der Waals surface area contributed by atoms with Crippen molar-refractivity contribution in [2.45, 2.75) is 24.8 Å². The molecule has 2 heteroatoms. The van der Waals surface area contributed by atoms with Gasteiger partial charge < -0.3 is 4.74 Å². The van der Waals surface area contributed by atoms with Crippen LogP contribution in [0.2, 0.25) is 0 Å². The van der Waals surface area contributed by atoms with E-state index in [0.29, 0.717) is 6.61 Å². The van der Waals surface area contributed by atoms with Crippen LogP contribution in [0.3, 0.4) is 0 Å². The van der Waals surface area contributed by atoms with Gasteiger partial charge in [0.25, 0.3) is 0 Å². The first-order chi connectivity index (χ1) is 4.31. The summed E-state index contributed by atoms with van der Waals surface area (Å²) in [7, 11) is 0. The Labute approximate surface area is 65.2 Å². The van der Waals surface area contributed by atoms with E-state index in [0.717, 1.165) is 12.8 Å². The lowest BCUT2D eigenvalue weighted by molar-refractivity contribution is 0.137. The normalized spacial score (nSPS) is 13.1. The molecule has 1 nitrogen and oxygen atoms in total. The maximum atomic E-state index is 5.23. The molecule has 0 fully saturated rings. The molecule has 0 spiro atoms. The zero-order valence-electron chi connectivity index (χ0n) is 5.77. The molecule has 0 heterocycles. The monoisotopic (exact) mass is 192 g/mol. The Kier molecular flexibility index (Phi) is 6.43. The van der Waals surface area contributed by atoms with E-state index in [1.807, 2.05) is 0 Å². The fourth-order valence-corrected chi connectivity index (χ4v) is 1.09. The molecule has 1 unspecified atom stereocenters. The number of halogens is 1. The van der Waals surface area contributed by atoms with E-state index >= 15 is 0 Å². The van der Waals surface area contributed by atoms with Crippen LogP contribution in [0.15, 0.2) is 12.7 Å². The molecule has 54 valence electrons. The van der Waals surface area contributed by atoms with E-state index in [9.17, 15) is 0 Å². The Bertz CT molecular complexity index is 73.3. The van der Waals surface area contributed by atoms with Crippen molar-refractivity contribution in [1.82, 2.24) is 0 Å². The van der Waals surface area contributed by atoms with E-state index < -0.39 is 0 Å². The molecule has 0 aliphatic carbocycles. The van der Waals surface area contributed by atoms with Gasteiger partial charge in [-0.1, -0.05) is 35.4 Å². The third-order valence-electron chi connectivity index (χ3n) is 0.911. The van der Waals surface area contributed by atoms with Gasteiger partial charge in [0, 0.05) is 0 Å². The first kappa shape index (κ1) is 9.18. The van der Waals surface area contributed by atoms with Gasteiger partial charge in [-0.2, -0.15) is 0 Å². The van der Waals surface area contributed by atoms with Crippen LogP contribution >= 0.6 is 15.9 Å². The molecule has 0 aliphatic heterocycles. The van der Waals surface area contributed by atoms with Crippen molar-refractivity contribution in [1.29, 1.82) is 0 Å². The van der Waals surface area contributed by atoms with Gasteiger partial charge in [-0.05, 0) is 6.42 Å². The van der Waals surface area contributed by atoms with Gasteiger partial charge in [0.15, 0.2) is 0 Å². The molecular formula is C7H13BrO. The fourth-order valence-electron chi connectivity index (χ4n) is 0.483. The van der Waals surface area contributed by atoms with Gasteiger partial charge in [-0.25, -0.2) is 0 Å². The van der Waals surface area contributed by atoms with Crippen molar-refractivity contribution in [3.8, 4) is 0 Å². The molecule has 0 amide bonds.